The highest BCUT2D eigenvalue weighted by atomic mass is 35.5. The second-order valence-corrected chi connectivity index (χ2v) is 7.60. The standard InChI is InChI=1S/C19H16ClFN6OS/c20-13-5-6-16-14(9-13)12(10-23-16)7-8-22-18(28)11-29-19-24-25-26-27(19)17-4-2-1-3-15(17)21/h1-6,9-10,23H,7-8,11H2,(H,22,28). The van der Waals surface area contributed by atoms with Crippen molar-refractivity contribution in [3.05, 3.63) is 65.1 Å². The fourth-order valence-corrected chi connectivity index (χ4v) is 3.80. The van der Waals surface area contributed by atoms with Crippen LogP contribution in [0.2, 0.25) is 5.02 Å². The molecule has 0 unspecified atom stereocenters. The number of aromatic amines is 1. The van der Waals surface area contributed by atoms with Gasteiger partial charge in [0.1, 0.15) is 11.5 Å². The van der Waals surface area contributed by atoms with Crippen LogP contribution in [0, 0.1) is 5.82 Å². The number of para-hydroxylation sites is 1. The number of fused-ring (bicyclic) bond motifs is 1. The first kappa shape index (κ1) is 19.4. The highest BCUT2D eigenvalue weighted by Gasteiger charge is 2.14. The normalized spacial score (nSPS) is 11.1. The Hall–Kier alpha value is -2.91. The van der Waals surface area contributed by atoms with Crippen LogP contribution in [-0.2, 0) is 11.2 Å². The number of rotatable bonds is 7. The van der Waals surface area contributed by atoms with E-state index in [1.807, 2.05) is 24.4 Å². The number of nitrogens with one attached hydrogen (secondary N) is 2. The van der Waals surface area contributed by atoms with E-state index < -0.39 is 5.82 Å². The summed E-state index contributed by atoms with van der Waals surface area (Å²) in [6, 6.07) is 11.8. The molecule has 2 aromatic carbocycles. The van der Waals surface area contributed by atoms with Crippen molar-refractivity contribution in [3.8, 4) is 5.69 Å². The van der Waals surface area contributed by atoms with Crippen molar-refractivity contribution >= 4 is 40.2 Å². The Morgan fingerprint density at radius 3 is 3.00 bits per heavy atom. The Kier molecular flexibility index (Phi) is 5.77. The van der Waals surface area contributed by atoms with Crippen molar-refractivity contribution in [2.45, 2.75) is 11.6 Å². The summed E-state index contributed by atoms with van der Waals surface area (Å²) in [7, 11) is 0. The van der Waals surface area contributed by atoms with Crippen molar-refractivity contribution < 1.29 is 9.18 Å². The van der Waals surface area contributed by atoms with Gasteiger partial charge in [0, 0.05) is 28.7 Å². The Morgan fingerprint density at radius 2 is 2.14 bits per heavy atom. The third-order valence-electron chi connectivity index (χ3n) is 4.30. The molecule has 0 spiro atoms. The predicted octanol–water partition coefficient (Wildman–Crippen LogP) is 3.39. The predicted molar refractivity (Wildman–Crippen MR) is 110 cm³/mol. The summed E-state index contributed by atoms with van der Waals surface area (Å²) < 4.78 is 15.2. The fourth-order valence-electron chi connectivity index (χ4n) is 2.92. The Bertz CT molecular complexity index is 1160. The molecule has 1 amide bonds. The van der Waals surface area contributed by atoms with Crippen LogP contribution < -0.4 is 5.32 Å². The van der Waals surface area contributed by atoms with Crippen LogP contribution in [0.5, 0.6) is 0 Å². The maximum absolute atomic E-state index is 14.0. The van der Waals surface area contributed by atoms with Crippen molar-refractivity contribution in [3.63, 3.8) is 0 Å². The summed E-state index contributed by atoms with van der Waals surface area (Å²) in [5.74, 6) is -0.477. The molecule has 7 nitrogen and oxygen atoms in total. The van der Waals surface area contributed by atoms with Gasteiger partial charge in [-0.1, -0.05) is 35.5 Å². The lowest BCUT2D eigenvalue weighted by atomic mass is 10.1. The zero-order valence-corrected chi connectivity index (χ0v) is 16.7. The summed E-state index contributed by atoms with van der Waals surface area (Å²) >= 11 is 7.20. The van der Waals surface area contributed by atoms with Gasteiger partial charge in [-0.3, -0.25) is 4.79 Å². The third-order valence-corrected chi connectivity index (χ3v) is 5.45. The van der Waals surface area contributed by atoms with Gasteiger partial charge in [-0.05, 0) is 52.7 Å². The van der Waals surface area contributed by atoms with Crippen LogP contribution in [0.15, 0.2) is 53.8 Å². The first-order chi connectivity index (χ1) is 14.1. The van der Waals surface area contributed by atoms with Gasteiger partial charge in [0.25, 0.3) is 0 Å². The van der Waals surface area contributed by atoms with Gasteiger partial charge in [-0.25, -0.2) is 4.39 Å². The van der Waals surface area contributed by atoms with Gasteiger partial charge in [-0.15, -0.1) is 5.10 Å². The lowest BCUT2D eigenvalue weighted by Crippen LogP contribution is -2.27. The van der Waals surface area contributed by atoms with E-state index in [4.69, 9.17) is 11.6 Å². The van der Waals surface area contributed by atoms with Gasteiger partial charge in [0.05, 0.1) is 5.75 Å². The molecule has 0 bridgehead atoms. The SMILES string of the molecule is O=C(CSc1nnnn1-c1ccccc1F)NCCc1c[nH]c2ccc(Cl)cc12. The molecule has 2 N–H and O–H groups in total. The fraction of sp³-hybridized carbons (Fsp3) is 0.158. The van der Waals surface area contributed by atoms with Crippen molar-refractivity contribution in [1.29, 1.82) is 0 Å². The Labute approximate surface area is 174 Å². The molecule has 0 aliphatic carbocycles. The summed E-state index contributed by atoms with van der Waals surface area (Å²) in [5.41, 5.74) is 2.32. The largest absolute Gasteiger partial charge is 0.361 e. The summed E-state index contributed by atoms with van der Waals surface area (Å²) in [6.45, 7) is 0.483. The number of halogens is 2. The molecule has 4 rings (SSSR count). The minimum absolute atomic E-state index is 0.120. The second kappa shape index (κ2) is 8.62. The number of H-pyrrole nitrogens is 1. The first-order valence-corrected chi connectivity index (χ1v) is 10.2. The zero-order chi connectivity index (χ0) is 20.2. The minimum Gasteiger partial charge on any atom is -0.361 e. The number of hydrogen-bond acceptors (Lipinski definition) is 5. The highest BCUT2D eigenvalue weighted by molar-refractivity contribution is 7.99. The van der Waals surface area contributed by atoms with Crippen LogP contribution >= 0.6 is 23.4 Å². The summed E-state index contributed by atoms with van der Waals surface area (Å²) in [6.07, 6.45) is 2.59. The first-order valence-electron chi connectivity index (χ1n) is 8.80. The Balaban J connectivity index is 1.32. The molecule has 0 atom stereocenters. The van der Waals surface area contributed by atoms with E-state index in [-0.39, 0.29) is 17.3 Å². The molecule has 0 fully saturated rings. The summed E-state index contributed by atoms with van der Waals surface area (Å²) in [4.78, 5) is 15.4. The van der Waals surface area contributed by atoms with E-state index >= 15 is 0 Å². The van der Waals surface area contributed by atoms with Crippen LogP contribution in [0.4, 0.5) is 4.39 Å². The quantitative estimate of drug-likeness (QED) is 0.439. The lowest BCUT2D eigenvalue weighted by molar-refractivity contribution is -0.118. The van der Waals surface area contributed by atoms with Crippen LogP contribution in [-0.4, -0.2) is 43.4 Å². The topological polar surface area (TPSA) is 88.5 Å². The lowest BCUT2D eigenvalue weighted by Gasteiger charge is -2.06. The number of tetrazole rings is 1. The highest BCUT2D eigenvalue weighted by Crippen LogP contribution is 2.23. The molecule has 2 aromatic heterocycles. The number of carbonyl (C=O) groups excluding carboxylic acids is 1. The molecular formula is C19H16ClFN6OS. The molecular weight excluding hydrogens is 415 g/mol. The molecule has 2 heterocycles. The van der Waals surface area contributed by atoms with Crippen molar-refractivity contribution in [2.24, 2.45) is 0 Å². The number of amides is 1. The van der Waals surface area contributed by atoms with Gasteiger partial charge in [-0.2, -0.15) is 4.68 Å². The van der Waals surface area contributed by atoms with E-state index in [2.05, 4.69) is 25.8 Å². The average Bonchev–Trinajstić information content (AvgIpc) is 3.34. The molecule has 0 saturated heterocycles. The van der Waals surface area contributed by atoms with E-state index in [1.165, 1.54) is 10.7 Å². The van der Waals surface area contributed by atoms with Gasteiger partial charge in [0.2, 0.25) is 11.1 Å². The number of benzene rings is 2. The van der Waals surface area contributed by atoms with Crippen LogP contribution in [0.25, 0.3) is 16.6 Å². The monoisotopic (exact) mass is 430 g/mol. The van der Waals surface area contributed by atoms with Gasteiger partial charge < -0.3 is 10.3 Å². The van der Waals surface area contributed by atoms with E-state index in [1.54, 1.807) is 18.2 Å². The molecule has 0 saturated carbocycles. The number of aromatic nitrogens is 5. The zero-order valence-electron chi connectivity index (χ0n) is 15.1. The van der Waals surface area contributed by atoms with Gasteiger partial charge >= 0.3 is 0 Å². The van der Waals surface area contributed by atoms with E-state index in [0.717, 1.165) is 28.2 Å². The number of hydrogen-bond donors (Lipinski definition) is 2. The maximum Gasteiger partial charge on any atom is 0.230 e. The number of carbonyl (C=O) groups is 1. The minimum atomic E-state index is -0.440. The molecule has 4 aromatic rings. The second-order valence-electron chi connectivity index (χ2n) is 6.22. The maximum atomic E-state index is 14.0. The summed E-state index contributed by atoms with van der Waals surface area (Å²) in [5, 5.41) is 16.2. The number of thioether (sulfide) groups is 1. The van der Waals surface area contributed by atoms with E-state index in [0.29, 0.717) is 23.1 Å². The van der Waals surface area contributed by atoms with Crippen molar-refractivity contribution in [1.82, 2.24) is 30.5 Å². The molecule has 0 aliphatic heterocycles. The van der Waals surface area contributed by atoms with Crippen molar-refractivity contribution in [2.75, 3.05) is 12.3 Å². The molecule has 0 aliphatic rings. The number of nitrogens with zero attached hydrogens (tertiary/aromatic N) is 4. The average molecular weight is 431 g/mol. The molecule has 10 heteroatoms. The Morgan fingerprint density at radius 1 is 1.28 bits per heavy atom. The van der Waals surface area contributed by atoms with Crippen LogP contribution in [0.1, 0.15) is 5.56 Å². The molecule has 0 radical (unpaired) electrons. The third kappa shape index (κ3) is 4.41. The van der Waals surface area contributed by atoms with Gasteiger partial charge in [0.15, 0.2) is 0 Å². The van der Waals surface area contributed by atoms with E-state index in [9.17, 15) is 9.18 Å². The molecule has 148 valence electrons. The van der Waals surface area contributed by atoms with Crippen LogP contribution in [0.3, 0.4) is 0 Å². The smallest absolute Gasteiger partial charge is 0.230 e. The molecule has 29 heavy (non-hydrogen) atoms.